The molecule has 0 saturated heterocycles. The normalized spacial score (nSPS) is 12.0. The van der Waals surface area contributed by atoms with E-state index in [9.17, 15) is 8.42 Å². The Morgan fingerprint density at radius 3 is 2.60 bits per heavy atom. The number of hydrogen-bond donors (Lipinski definition) is 1. The van der Waals surface area contributed by atoms with Crippen LogP contribution in [0, 0.1) is 0 Å². The van der Waals surface area contributed by atoms with Crippen molar-refractivity contribution in [2.45, 2.75) is 26.3 Å². The van der Waals surface area contributed by atoms with Crippen molar-refractivity contribution in [1.29, 1.82) is 0 Å². The molecule has 1 aromatic rings. The van der Waals surface area contributed by atoms with Crippen molar-refractivity contribution in [3.8, 4) is 0 Å². The number of nitrogens with one attached hydrogen (secondary N) is 1. The van der Waals surface area contributed by atoms with E-state index in [1.54, 1.807) is 13.1 Å². The zero-order valence-electron chi connectivity index (χ0n) is 12.1. The smallest absolute Gasteiger partial charge is 0.214 e. The van der Waals surface area contributed by atoms with Gasteiger partial charge in [-0.25, -0.2) is 12.7 Å². The number of hydrogen-bond acceptors (Lipinski definition) is 3. The van der Waals surface area contributed by atoms with Gasteiger partial charge in [-0.05, 0) is 37.6 Å². The van der Waals surface area contributed by atoms with Gasteiger partial charge in [0.15, 0.2) is 0 Å². The molecule has 0 fully saturated rings. The largest absolute Gasteiger partial charge is 0.317 e. The van der Waals surface area contributed by atoms with Crippen molar-refractivity contribution in [1.82, 2.24) is 9.62 Å². The summed E-state index contributed by atoms with van der Waals surface area (Å²) in [6, 6.07) is 7.31. The van der Waals surface area contributed by atoms with E-state index in [1.807, 2.05) is 25.1 Å². The van der Waals surface area contributed by atoms with Crippen LogP contribution in [0.4, 0.5) is 0 Å². The maximum atomic E-state index is 12.1. The molecule has 1 N–H and O–H groups in total. The van der Waals surface area contributed by atoms with E-state index in [1.165, 1.54) is 4.31 Å². The second kappa shape index (κ2) is 8.62. The monoisotopic (exact) mass is 318 g/mol. The molecule has 0 bridgehead atoms. The summed E-state index contributed by atoms with van der Waals surface area (Å²) in [5.74, 6) is 0.180. The third kappa shape index (κ3) is 5.79. The molecule has 0 aliphatic heterocycles. The van der Waals surface area contributed by atoms with Crippen molar-refractivity contribution < 1.29 is 8.42 Å². The van der Waals surface area contributed by atoms with E-state index in [0.29, 0.717) is 18.0 Å². The van der Waals surface area contributed by atoms with Crippen molar-refractivity contribution >= 4 is 21.6 Å². The minimum atomic E-state index is -3.22. The summed E-state index contributed by atoms with van der Waals surface area (Å²) < 4.78 is 25.7. The van der Waals surface area contributed by atoms with Gasteiger partial charge in [0.05, 0.1) is 5.75 Å². The molecule has 4 nitrogen and oxygen atoms in total. The molecule has 0 saturated carbocycles. The van der Waals surface area contributed by atoms with Crippen molar-refractivity contribution in [3.63, 3.8) is 0 Å². The maximum absolute atomic E-state index is 12.1. The first-order chi connectivity index (χ1) is 9.47. The van der Waals surface area contributed by atoms with Gasteiger partial charge in [0.1, 0.15) is 0 Å². The molecule has 20 heavy (non-hydrogen) atoms. The third-order valence-corrected chi connectivity index (χ3v) is 5.33. The molecular weight excluding hydrogens is 296 g/mol. The Balaban J connectivity index is 2.48. The van der Waals surface area contributed by atoms with Crippen LogP contribution in [0.5, 0.6) is 0 Å². The lowest BCUT2D eigenvalue weighted by molar-refractivity contribution is 0.464. The Hall–Kier alpha value is -0.620. The van der Waals surface area contributed by atoms with Crippen molar-refractivity contribution in [2.75, 3.05) is 25.9 Å². The van der Waals surface area contributed by atoms with Gasteiger partial charge in [-0.1, -0.05) is 36.7 Å². The Kier molecular flexibility index (Phi) is 7.51. The first-order valence-electron chi connectivity index (χ1n) is 6.85. The number of rotatable bonds is 9. The molecule has 0 heterocycles. The molecule has 1 aromatic carbocycles. The number of sulfonamides is 1. The molecular formula is C14H23ClN2O2S. The van der Waals surface area contributed by atoms with Crippen molar-refractivity contribution in [2.24, 2.45) is 0 Å². The highest BCUT2D eigenvalue weighted by atomic mass is 35.5. The number of benzene rings is 1. The van der Waals surface area contributed by atoms with Crippen LogP contribution < -0.4 is 5.32 Å². The molecule has 0 amide bonds. The average molecular weight is 319 g/mol. The lowest BCUT2D eigenvalue weighted by atomic mass is 10.2. The highest BCUT2D eigenvalue weighted by Crippen LogP contribution is 2.18. The van der Waals surface area contributed by atoms with Gasteiger partial charge in [0, 0.05) is 18.6 Å². The third-order valence-electron chi connectivity index (χ3n) is 3.08. The molecule has 0 atom stereocenters. The minimum absolute atomic E-state index is 0.180. The summed E-state index contributed by atoms with van der Waals surface area (Å²) in [5.41, 5.74) is 0.827. The second-order valence-electron chi connectivity index (χ2n) is 4.72. The highest BCUT2D eigenvalue weighted by molar-refractivity contribution is 7.89. The van der Waals surface area contributed by atoms with Crippen LogP contribution in [0.3, 0.4) is 0 Å². The topological polar surface area (TPSA) is 49.4 Å². The zero-order chi connectivity index (χ0) is 15.0. The number of unbranched alkanes of at least 4 members (excludes halogenated alkanes) is 1. The standard InChI is InChI=1S/C14H23ClN2O2S/c1-3-16-10-6-7-11-20(18,19)17(2)12-13-8-4-5-9-14(13)15/h4-5,8-9,16H,3,6-7,10-12H2,1-2H3. The van der Waals surface area contributed by atoms with Gasteiger partial charge in [0.25, 0.3) is 0 Å². The van der Waals surface area contributed by atoms with E-state index in [2.05, 4.69) is 5.32 Å². The number of halogens is 1. The summed E-state index contributed by atoms with van der Waals surface area (Å²) in [4.78, 5) is 0. The molecule has 0 aromatic heterocycles. The molecule has 114 valence electrons. The fourth-order valence-electron chi connectivity index (χ4n) is 1.83. The van der Waals surface area contributed by atoms with Crippen LogP contribution in [0.2, 0.25) is 5.02 Å². The highest BCUT2D eigenvalue weighted by Gasteiger charge is 2.18. The summed E-state index contributed by atoms with van der Waals surface area (Å²) in [7, 11) is -1.62. The average Bonchev–Trinajstić information content (AvgIpc) is 2.41. The van der Waals surface area contributed by atoms with E-state index in [-0.39, 0.29) is 5.75 Å². The number of nitrogens with zero attached hydrogens (tertiary/aromatic N) is 1. The Bertz CT molecular complexity index is 506. The van der Waals surface area contributed by atoms with Gasteiger partial charge < -0.3 is 5.32 Å². The predicted molar refractivity (Wildman–Crippen MR) is 84.5 cm³/mol. The van der Waals surface area contributed by atoms with E-state index >= 15 is 0 Å². The van der Waals surface area contributed by atoms with Crippen molar-refractivity contribution in [3.05, 3.63) is 34.9 Å². The minimum Gasteiger partial charge on any atom is -0.317 e. The Labute approximate surface area is 127 Å². The molecule has 1 rings (SSSR count). The molecule has 0 aliphatic rings. The second-order valence-corrected chi connectivity index (χ2v) is 7.33. The Morgan fingerprint density at radius 1 is 1.25 bits per heavy atom. The van der Waals surface area contributed by atoms with Gasteiger partial charge in [0.2, 0.25) is 10.0 Å². The summed E-state index contributed by atoms with van der Waals surface area (Å²) >= 11 is 6.05. The predicted octanol–water partition coefficient (Wildman–Crippen LogP) is 2.49. The van der Waals surface area contributed by atoms with E-state index in [4.69, 9.17) is 11.6 Å². The molecule has 0 radical (unpaired) electrons. The molecule has 0 unspecified atom stereocenters. The lowest BCUT2D eigenvalue weighted by Gasteiger charge is -2.18. The molecule has 0 spiro atoms. The van der Waals surface area contributed by atoms with Crippen LogP contribution in [0.25, 0.3) is 0 Å². The summed E-state index contributed by atoms with van der Waals surface area (Å²) in [5, 5.41) is 3.78. The lowest BCUT2D eigenvalue weighted by Crippen LogP contribution is -2.29. The van der Waals surface area contributed by atoms with Crippen LogP contribution in [0.1, 0.15) is 25.3 Å². The summed E-state index contributed by atoms with van der Waals surface area (Å²) in [6.07, 6.45) is 1.54. The van der Waals surface area contributed by atoms with Crippen LogP contribution in [-0.4, -0.2) is 38.6 Å². The fourth-order valence-corrected chi connectivity index (χ4v) is 3.24. The molecule has 6 heteroatoms. The van der Waals surface area contributed by atoms with Crippen LogP contribution >= 0.6 is 11.6 Å². The SMILES string of the molecule is CCNCCCCS(=O)(=O)N(C)Cc1ccccc1Cl. The first-order valence-corrected chi connectivity index (χ1v) is 8.84. The quantitative estimate of drug-likeness (QED) is 0.712. The zero-order valence-corrected chi connectivity index (χ0v) is 13.7. The van der Waals surface area contributed by atoms with Gasteiger partial charge in [-0.15, -0.1) is 0 Å². The van der Waals surface area contributed by atoms with E-state index in [0.717, 1.165) is 25.1 Å². The maximum Gasteiger partial charge on any atom is 0.214 e. The van der Waals surface area contributed by atoms with Gasteiger partial charge >= 0.3 is 0 Å². The van der Waals surface area contributed by atoms with Crippen LogP contribution in [-0.2, 0) is 16.6 Å². The Morgan fingerprint density at radius 2 is 1.95 bits per heavy atom. The van der Waals surface area contributed by atoms with E-state index < -0.39 is 10.0 Å². The fraction of sp³-hybridized carbons (Fsp3) is 0.571. The van der Waals surface area contributed by atoms with Gasteiger partial charge in [-0.3, -0.25) is 0 Å². The first kappa shape index (κ1) is 17.4. The van der Waals surface area contributed by atoms with Gasteiger partial charge in [-0.2, -0.15) is 0 Å². The van der Waals surface area contributed by atoms with Crippen LogP contribution in [0.15, 0.2) is 24.3 Å². The summed E-state index contributed by atoms with van der Waals surface area (Å²) in [6.45, 7) is 4.13. The molecule has 0 aliphatic carbocycles.